The van der Waals surface area contributed by atoms with Gasteiger partial charge in [-0.05, 0) is 36.6 Å². The number of aliphatic carboxylic acids is 1. The number of carboxylic acid groups (broad SMARTS) is 1. The number of benzene rings is 1. The van der Waals surface area contributed by atoms with Crippen LogP contribution in [0, 0.1) is 12.7 Å². The van der Waals surface area contributed by atoms with Crippen molar-refractivity contribution in [3.63, 3.8) is 0 Å². The fourth-order valence-corrected chi connectivity index (χ4v) is 1.49. The van der Waals surface area contributed by atoms with Gasteiger partial charge in [-0.1, -0.05) is 6.07 Å². The van der Waals surface area contributed by atoms with E-state index in [1.54, 1.807) is 13.0 Å². The highest BCUT2D eigenvalue weighted by molar-refractivity contribution is 5.66. The molecule has 0 fully saturated rings. The summed E-state index contributed by atoms with van der Waals surface area (Å²) in [5.74, 6) is -1.17. The van der Waals surface area contributed by atoms with Crippen molar-refractivity contribution in [3.05, 3.63) is 35.1 Å². The molecule has 0 spiro atoms. The van der Waals surface area contributed by atoms with Crippen molar-refractivity contribution >= 4 is 5.97 Å². The number of aryl methyl sites for hydroxylation is 1. The molecular weight excluding hydrogens is 197 g/mol. The van der Waals surface area contributed by atoms with Crippen LogP contribution in [-0.4, -0.2) is 11.1 Å². The zero-order chi connectivity index (χ0) is 11.4. The number of halogens is 1. The topological polar surface area (TPSA) is 63.3 Å². The number of rotatable bonds is 4. The SMILES string of the molecule is Cc1cc(F)ccc1C(N)CCC(=O)O. The maximum Gasteiger partial charge on any atom is 0.303 e. The van der Waals surface area contributed by atoms with E-state index in [0.29, 0.717) is 6.42 Å². The van der Waals surface area contributed by atoms with E-state index in [1.807, 2.05) is 0 Å². The molecule has 1 unspecified atom stereocenters. The molecule has 15 heavy (non-hydrogen) atoms. The highest BCUT2D eigenvalue weighted by atomic mass is 19.1. The summed E-state index contributed by atoms with van der Waals surface area (Å²) in [6.45, 7) is 1.76. The molecular formula is C11H14FNO2. The summed E-state index contributed by atoms with van der Waals surface area (Å²) < 4.78 is 12.8. The lowest BCUT2D eigenvalue weighted by molar-refractivity contribution is -0.137. The molecule has 0 aliphatic carbocycles. The summed E-state index contributed by atoms with van der Waals surface area (Å²) in [5.41, 5.74) is 7.37. The van der Waals surface area contributed by atoms with Crippen molar-refractivity contribution < 1.29 is 14.3 Å². The van der Waals surface area contributed by atoms with Crippen molar-refractivity contribution in [2.45, 2.75) is 25.8 Å². The Morgan fingerprint density at radius 2 is 2.27 bits per heavy atom. The van der Waals surface area contributed by atoms with E-state index in [4.69, 9.17) is 10.8 Å². The van der Waals surface area contributed by atoms with Crippen LogP contribution in [0.3, 0.4) is 0 Å². The molecule has 0 bridgehead atoms. The monoisotopic (exact) mass is 211 g/mol. The molecule has 4 heteroatoms. The van der Waals surface area contributed by atoms with E-state index in [0.717, 1.165) is 11.1 Å². The van der Waals surface area contributed by atoms with Crippen molar-refractivity contribution in [1.29, 1.82) is 0 Å². The molecule has 1 atom stereocenters. The highest BCUT2D eigenvalue weighted by Crippen LogP contribution is 2.20. The zero-order valence-corrected chi connectivity index (χ0v) is 8.53. The van der Waals surface area contributed by atoms with Gasteiger partial charge >= 0.3 is 5.97 Å². The highest BCUT2D eigenvalue weighted by Gasteiger charge is 2.11. The summed E-state index contributed by atoms with van der Waals surface area (Å²) >= 11 is 0. The van der Waals surface area contributed by atoms with E-state index in [-0.39, 0.29) is 18.3 Å². The lowest BCUT2D eigenvalue weighted by atomic mass is 9.98. The first-order valence-corrected chi connectivity index (χ1v) is 4.74. The van der Waals surface area contributed by atoms with Crippen LogP contribution < -0.4 is 5.73 Å². The molecule has 1 rings (SSSR count). The quantitative estimate of drug-likeness (QED) is 0.800. The molecule has 82 valence electrons. The maximum atomic E-state index is 12.8. The normalized spacial score (nSPS) is 12.5. The van der Waals surface area contributed by atoms with Crippen molar-refractivity contribution in [3.8, 4) is 0 Å². The number of carbonyl (C=O) groups is 1. The van der Waals surface area contributed by atoms with Crippen molar-refractivity contribution in [1.82, 2.24) is 0 Å². The van der Waals surface area contributed by atoms with E-state index in [9.17, 15) is 9.18 Å². The Morgan fingerprint density at radius 3 is 2.80 bits per heavy atom. The second kappa shape index (κ2) is 4.89. The number of carboxylic acids is 1. The molecule has 3 nitrogen and oxygen atoms in total. The van der Waals surface area contributed by atoms with Crippen molar-refractivity contribution in [2.24, 2.45) is 5.73 Å². The van der Waals surface area contributed by atoms with Crippen LogP contribution in [0.25, 0.3) is 0 Å². The van der Waals surface area contributed by atoms with Gasteiger partial charge < -0.3 is 10.8 Å². The Labute approximate surface area is 87.7 Å². The minimum Gasteiger partial charge on any atom is -0.481 e. The van der Waals surface area contributed by atoms with Crippen LogP contribution in [0.2, 0.25) is 0 Å². The zero-order valence-electron chi connectivity index (χ0n) is 8.53. The average Bonchev–Trinajstić information content (AvgIpc) is 2.14. The summed E-state index contributed by atoms with van der Waals surface area (Å²) in [5, 5.41) is 8.51. The molecule has 0 amide bonds. The van der Waals surface area contributed by atoms with Gasteiger partial charge in [0.15, 0.2) is 0 Å². The largest absolute Gasteiger partial charge is 0.481 e. The van der Waals surface area contributed by atoms with Gasteiger partial charge in [-0.3, -0.25) is 4.79 Å². The Balaban J connectivity index is 2.73. The predicted octanol–water partition coefficient (Wildman–Crippen LogP) is 2.00. The number of hydrogen-bond acceptors (Lipinski definition) is 2. The minimum atomic E-state index is -0.870. The molecule has 1 aromatic carbocycles. The van der Waals surface area contributed by atoms with Gasteiger partial charge in [0.25, 0.3) is 0 Å². The van der Waals surface area contributed by atoms with E-state index in [2.05, 4.69) is 0 Å². The Hall–Kier alpha value is -1.42. The van der Waals surface area contributed by atoms with E-state index >= 15 is 0 Å². The maximum absolute atomic E-state index is 12.8. The third-order valence-electron chi connectivity index (χ3n) is 2.30. The van der Waals surface area contributed by atoms with E-state index in [1.165, 1.54) is 12.1 Å². The van der Waals surface area contributed by atoms with Gasteiger partial charge in [0, 0.05) is 12.5 Å². The molecule has 0 heterocycles. The van der Waals surface area contributed by atoms with Crippen LogP contribution in [0.15, 0.2) is 18.2 Å². The summed E-state index contributed by atoms with van der Waals surface area (Å²) in [4.78, 5) is 10.4. The van der Waals surface area contributed by atoms with Gasteiger partial charge in [-0.15, -0.1) is 0 Å². The first-order valence-electron chi connectivity index (χ1n) is 4.74. The Bertz CT molecular complexity index is 366. The number of hydrogen-bond donors (Lipinski definition) is 2. The molecule has 0 saturated heterocycles. The smallest absolute Gasteiger partial charge is 0.303 e. The first-order chi connectivity index (χ1) is 7.00. The molecule has 0 radical (unpaired) electrons. The average molecular weight is 211 g/mol. The van der Waals surface area contributed by atoms with Gasteiger partial charge in [-0.25, -0.2) is 4.39 Å². The second-order valence-electron chi connectivity index (χ2n) is 3.54. The third-order valence-corrected chi connectivity index (χ3v) is 2.30. The van der Waals surface area contributed by atoms with Gasteiger partial charge in [-0.2, -0.15) is 0 Å². The van der Waals surface area contributed by atoms with Crippen LogP contribution >= 0.6 is 0 Å². The summed E-state index contributed by atoms with van der Waals surface area (Å²) in [7, 11) is 0. The molecule has 0 aliphatic rings. The fraction of sp³-hybridized carbons (Fsp3) is 0.364. The molecule has 0 saturated carbocycles. The Morgan fingerprint density at radius 1 is 1.60 bits per heavy atom. The number of nitrogens with two attached hydrogens (primary N) is 1. The first kappa shape index (κ1) is 11.7. The third kappa shape index (κ3) is 3.32. The Kier molecular flexibility index (Phi) is 3.80. The van der Waals surface area contributed by atoms with Crippen LogP contribution in [0.4, 0.5) is 4.39 Å². The predicted molar refractivity (Wildman–Crippen MR) is 54.9 cm³/mol. The standard InChI is InChI=1S/C11H14FNO2/c1-7-6-8(12)2-3-9(7)10(13)4-5-11(14)15/h2-3,6,10H,4-5,13H2,1H3,(H,14,15). The lowest BCUT2D eigenvalue weighted by Gasteiger charge is -2.13. The lowest BCUT2D eigenvalue weighted by Crippen LogP contribution is -2.13. The van der Waals surface area contributed by atoms with Crippen LogP contribution in [0.1, 0.15) is 30.0 Å². The molecule has 3 N–H and O–H groups in total. The van der Waals surface area contributed by atoms with Crippen molar-refractivity contribution in [2.75, 3.05) is 0 Å². The summed E-state index contributed by atoms with van der Waals surface area (Å²) in [6.07, 6.45) is 0.389. The molecule has 0 aliphatic heterocycles. The molecule has 0 aromatic heterocycles. The minimum absolute atomic E-state index is 0.0258. The molecule has 1 aromatic rings. The second-order valence-corrected chi connectivity index (χ2v) is 3.54. The summed E-state index contributed by atoms with van der Waals surface area (Å²) in [6, 6.07) is 4.00. The van der Waals surface area contributed by atoms with E-state index < -0.39 is 5.97 Å². The van der Waals surface area contributed by atoms with Gasteiger partial charge in [0.05, 0.1) is 0 Å². The van der Waals surface area contributed by atoms with Crippen LogP contribution in [0.5, 0.6) is 0 Å². The van der Waals surface area contributed by atoms with Gasteiger partial charge in [0.1, 0.15) is 5.82 Å². The van der Waals surface area contributed by atoms with Gasteiger partial charge in [0.2, 0.25) is 0 Å². The van der Waals surface area contributed by atoms with Crippen LogP contribution in [-0.2, 0) is 4.79 Å². The fourth-order valence-electron chi connectivity index (χ4n) is 1.49.